The van der Waals surface area contributed by atoms with E-state index in [1.165, 1.54) is 11.3 Å². The maximum Gasteiger partial charge on any atom is 0.250 e. The van der Waals surface area contributed by atoms with E-state index in [9.17, 15) is 8.42 Å². The van der Waals surface area contributed by atoms with Crippen molar-refractivity contribution in [2.75, 3.05) is 0 Å². The fourth-order valence-electron chi connectivity index (χ4n) is 1.57. The van der Waals surface area contributed by atoms with Crippen LogP contribution in [0.15, 0.2) is 15.7 Å². The minimum atomic E-state index is -3.37. The number of thiophene rings is 1. The molecule has 0 saturated carbocycles. The summed E-state index contributed by atoms with van der Waals surface area (Å²) in [5.74, 6) is 0. The highest BCUT2D eigenvalue weighted by Gasteiger charge is 2.20. The Balaban J connectivity index is 2.80. The van der Waals surface area contributed by atoms with Gasteiger partial charge in [0, 0.05) is 12.6 Å². The SMILES string of the molecule is CCCC(CC)NS(=O)(=O)c1cc(CN)cs1. The van der Waals surface area contributed by atoms with Crippen LogP contribution in [0, 0.1) is 0 Å². The van der Waals surface area contributed by atoms with E-state index < -0.39 is 10.0 Å². The van der Waals surface area contributed by atoms with Crippen LogP contribution in [-0.2, 0) is 16.6 Å². The molecule has 0 aromatic carbocycles. The second kappa shape index (κ2) is 6.49. The number of hydrogen-bond acceptors (Lipinski definition) is 4. The van der Waals surface area contributed by atoms with Crippen LogP contribution in [0.25, 0.3) is 0 Å². The van der Waals surface area contributed by atoms with Crippen LogP contribution >= 0.6 is 11.3 Å². The third-order valence-electron chi connectivity index (χ3n) is 2.58. The summed E-state index contributed by atoms with van der Waals surface area (Å²) in [5, 5.41) is 1.79. The first-order valence-electron chi connectivity index (χ1n) is 5.83. The van der Waals surface area contributed by atoms with Crippen molar-refractivity contribution in [2.24, 2.45) is 5.73 Å². The molecule has 0 spiro atoms. The molecule has 0 aliphatic rings. The van der Waals surface area contributed by atoms with E-state index in [1.54, 1.807) is 11.4 Å². The Hall–Kier alpha value is -0.430. The van der Waals surface area contributed by atoms with E-state index in [0.29, 0.717) is 10.8 Å². The van der Waals surface area contributed by atoms with E-state index in [2.05, 4.69) is 11.6 Å². The fourth-order valence-corrected chi connectivity index (χ4v) is 4.17. The Kier molecular flexibility index (Phi) is 5.58. The summed E-state index contributed by atoms with van der Waals surface area (Å²) in [6.45, 7) is 4.41. The topological polar surface area (TPSA) is 72.2 Å². The lowest BCUT2D eigenvalue weighted by Crippen LogP contribution is -2.33. The van der Waals surface area contributed by atoms with Crippen molar-refractivity contribution in [3.05, 3.63) is 17.0 Å². The summed E-state index contributed by atoms with van der Waals surface area (Å²) in [4.78, 5) is 0. The van der Waals surface area contributed by atoms with Crippen LogP contribution in [0.3, 0.4) is 0 Å². The molecular formula is C11H20N2O2S2. The molecule has 6 heteroatoms. The maximum atomic E-state index is 12.1. The average Bonchev–Trinajstić information content (AvgIpc) is 2.77. The van der Waals surface area contributed by atoms with Crippen molar-refractivity contribution in [3.63, 3.8) is 0 Å². The number of nitrogens with two attached hydrogens (primary N) is 1. The van der Waals surface area contributed by atoms with E-state index >= 15 is 0 Å². The van der Waals surface area contributed by atoms with Gasteiger partial charge in [-0.15, -0.1) is 11.3 Å². The zero-order valence-corrected chi connectivity index (χ0v) is 11.9. The molecule has 1 rings (SSSR count). The minimum Gasteiger partial charge on any atom is -0.326 e. The Morgan fingerprint density at radius 3 is 2.65 bits per heavy atom. The number of nitrogens with one attached hydrogen (secondary N) is 1. The molecule has 17 heavy (non-hydrogen) atoms. The molecule has 3 N–H and O–H groups in total. The molecule has 0 bridgehead atoms. The molecule has 1 aromatic heterocycles. The molecule has 1 aromatic rings. The predicted molar refractivity (Wildman–Crippen MR) is 71.5 cm³/mol. The van der Waals surface area contributed by atoms with Crippen LogP contribution < -0.4 is 10.5 Å². The van der Waals surface area contributed by atoms with Gasteiger partial charge in [-0.2, -0.15) is 0 Å². The highest BCUT2D eigenvalue weighted by molar-refractivity contribution is 7.91. The Morgan fingerprint density at radius 1 is 1.47 bits per heavy atom. The first-order valence-corrected chi connectivity index (χ1v) is 8.19. The van der Waals surface area contributed by atoms with Gasteiger partial charge in [-0.05, 0) is 29.9 Å². The largest absolute Gasteiger partial charge is 0.326 e. The third-order valence-corrected chi connectivity index (χ3v) is 5.59. The van der Waals surface area contributed by atoms with Gasteiger partial charge < -0.3 is 5.73 Å². The molecule has 4 nitrogen and oxygen atoms in total. The van der Waals surface area contributed by atoms with Gasteiger partial charge in [0.1, 0.15) is 4.21 Å². The second-order valence-electron chi connectivity index (χ2n) is 3.99. The summed E-state index contributed by atoms with van der Waals surface area (Å²) in [7, 11) is -3.37. The quantitative estimate of drug-likeness (QED) is 0.800. The lowest BCUT2D eigenvalue weighted by Gasteiger charge is -2.15. The molecular weight excluding hydrogens is 256 g/mol. The van der Waals surface area contributed by atoms with Crippen molar-refractivity contribution in [1.29, 1.82) is 0 Å². The van der Waals surface area contributed by atoms with Crippen molar-refractivity contribution < 1.29 is 8.42 Å². The monoisotopic (exact) mass is 276 g/mol. The van der Waals surface area contributed by atoms with E-state index in [1.807, 2.05) is 6.92 Å². The van der Waals surface area contributed by atoms with Crippen molar-refractivity contribution in [3.8, 4) is 0 Å². The Labute approximate surface area is 107 Å². The van der Waals surface area contributed by atoms with E-state index in [-0.39, 0.29) is 6.04 Å². The van der Waals surface area contributed by atoms with Crippen LogP contribution in [0.1, 0.15) is 38.7 Å². The highest BCUT2D eigenvalue weighted by atomic mass is 32.2. The zero-order chi connectivity index (χ0) is 12.9. The van der Waals surface area contributed by atoms with Crippen LogP contribution in [0.5, 0.6) is 0 Å². The van der Waals surface area contributed by atoms with E-state index in [4.69, 9.17) is 5.73 Å². The summed E-state index contributed by atoms with van der Waals surface area (Å²) in [6.07, 6.45) is 2.65. The normalized spacial score (nSPS) is 13.8. The molecule has 1 atom stereocenters. The van der Waals surface area contributed by atoms with E-state index in [0.717, 1.165) is 24.8 Å². The smallest absolute Gasteiger partial charge is 0.250 e. The molecule has 98 valence electrons. The van der Waals surface area contributed by atoms with Crippen molar-refractivity contribution in [2.45, 2.75) is 49.9 Å². The van der Waals surface area contributed by atoms with Gasteiger partial charge in [0.05, 0.1) is 0 Å². The van der Waals surface area contributed by atoms with Crippen LogP contribution in [-0.4, -0.2) is 14.5 Å². The van der Waals surface area contributed by atoms with Gasteiger partial charge in [-0.3, -0.25) is 0 Å². The molecule has 0 amide bonds. The fraction of sp³-hybridized carbons (Fsp3) is 0.636. The number of rotatable bonds is 7. The average molecular weight is 276 g/mol. The molecule has 0 aliphatic carbocycles. The molecule has 0 saturated heterocycles. The lowest BCUT2D eigenvalue weighted by atomic mass is 10.1. The molecule has 0 aliphatic heterocycles. The van der Waals surface area contributed by atoms with Gasteiger partial charge in [0.2, 0.25) is 10.0 Å². The van der Waals surface area contributed by atoms with Gasteiger partial charge in [0.15, 0.2) is 0 Å². The third kappa shape index (κ3) is 4.06. The van der Waals surface area contributed by atoms with Crippen molar-refractivity contribution >= 4 is 21.4 Å². The van der Waals surface area contributed by atoms with Crippen molar-refractivity contribution in [1.82, 2.24) is 4.72 Å². The number of hydrogen-bond donors (Lipinski definition) is 2. The van der Waals surface area contributed by atoms with Gasteiger partial charge in [-0.1, -0.05) is 20.3 Å². The summed E-state index contributed by atoms with van der Waals surface area (Å²) in [5.41, 5.74) is 6.33. The van der Waals surface area contributed by atoms with Gasteiger partial charge in [0.25, 0.3) is 0 Å². The predicted octanol–water partition coefficient (Wildman–Crippen LogP) is 2.06. The first kappa shape index (κ1) is 14.6. The van der Waals surface area contributed by atoms with Crippen LogP contribution in [0.4, 0.5) is 0 Å². The molecule has 0 fully saturated rings. The summed E-state index contributed by atoms with van der Waals surface area (Å²) in [6, 6.07) is 1.67. The van der Waals surface area contributed by atoms with Crippen LogP contribution in [0.2, 0.25) is 0 Å². The Bertz CT molecular complexity index is 440. The maximum absolute atomic E-state index is 12.1. The standard InChI is InChI=1S/C11H20N2O2S2/c1-3-5-10(4-2)13-17(14,15)11-6-9(7-12)8-16-11/h6,8,10,13H,3-5,7,12H2,1-2H3. The summed E-state index contributed by atoms with van der Waals surface area (Å²) < 4.78 is 27.2. The molecule has 1 heterocycles. The Morgan fingerprint density at radius 2 is 2.18 bits per heavy atom. The highest BCUT2D eigenvalue weighted by Crippen LogP contribution is 2.20. The zero-order valence-electron chi connectivity index (χ0n) is 10.3. The molecule has 1 unspecified atom stereocenters. The number of sulfonamides is 1. The first-order chi connectivity index (χ1) is 8.03. The summed E-state index contributed by atoms with van der Waals surface area (Å²) >= 11 is 1.22. The lowest BCUT2D eigenvalue weighted by molar-refractivity contribution is 0.513. The minimum absolute atomic E-state index is 0.0217. The molecule has 0 radical (unpaired) electrons. The van der Waals surface area contributed by atoms with Gasteiger partial charge >= 0.3 is 0 Å². The van der Waals surface area contributed by atoms with Gasteiger partial charge in [-0.25, -0.2) is 13.1 Å². The second-order valence-corrected chi connectivity index (χ2v) is 6.85.